The van der Waals surface area contributed by atoms with Crippen molar-refractivity contribution in [1.29, 1.82) is 0 Å². The van der Waals surface area contributed by atoms with Gasteiger partial charge < -0.3 is 4.89 Å². The van der Waals surface area contributed by atoms with Crippen molar-refractivity contribution >= 4 is 0 Å². The third-order valence-electron chi connectivity index (χ3n) is 2.96. The zero-order chi connectivity index (χ0) is 18.8. The van der Waals surface area contributed by atoms with E-state index in [-0.39, 0.29) is 11.5 Å². The van der Waals surface area contributed by atoms with Crippen LogP contribution in [0.15, 0.2) is 11.3 Å². The Kier molecular flexibility index (Phi) is 10.8. The molecule has 0 aromatic rings. The third kappa shape index (κ3) is 12.7. The minimum atomic E-state index is -0.442. The van der Waals surface area contributed by atoms with E-state index in [4.69, 9.17) is 19.6 Å². The fourth-order valence-electron chi connectivity index (χ4n) is 1.74. The number of alkyl halides is 1. The van der Waals surface area contributed by atoms with Gasteiger partial charge in [0.2, 0.25) is 0 Å². The molecule has 0 fully saturated rings. The molecule has 0 amide bonds. The largest absolute Gasteiger partial charge is 0.342 e. The van der Waals surface area contributed by atoms with E-state index in [1.165, 1.54) is 0 Å². The summed E-state index contributed by atoms with van der Waals surface area (Å²) in [4.78, 5) is 21.8. The van der Waals surface area contributed by atoms with Crippen LogP contribution in [0.2, 0.25) is 0 Å². The van der Waals surface area contributed by atoms with Crippen LogP contribution in [-0.2, 0) is 19.6 Å². The molecule has 0 aromatic carbocycles. The monoisotopic (exact) mass is 348 g/mol. The van der Waals surface area contributed by atoms with Gasteiger partial charge in [0.1, 0.15) is 18.0 Å². The summed E-state index contributed by atoms with van der Waals surface area (Å²) in [5.74, 6) is 0.518. The summed E-state index contributed by atoms with van der Waals surface area (Å²) < 4.78 is 13.0. The van der Waals surface area contributed by atoms with Crippen LogP contribution in [0.5, 0.6) is 0 Å². The Hall–Kier alpha value is -0.650. The van der Waals surface area contributed by atoms with Crippen LogP contribution in [0.1, 0.15) is 81.1 Å². The van der Waals surface area contributed by atoms with Gasteiger partial charge in [0.05, 0.1) is 12.3 Å². The average molecular weight is 348 g/mol. The molecule has 144 valence electrons. The topological polar surface area (TPSA) is 36.9 Å². The summed E-state index contributed by atoms with van der Waals surface area (Å²) in [6.07, 6.45) is 3.34. The first-order valence-corrected chi connectivity index (χ1v) is 8.91. The maximum Gasteiger partial charge on any atom is 0.144 e. The highest BCUT2D eigenvalue weighted by Gasteiger charge is 2.20. The molecular weight excluding hydrogens is 311 g/mol. The molecule has 0 aromatic heterocycles. The lowest BCUT2D eigenvalue weighted by Gasteiger charge is -2.23. The van der Waals surface area contributed by atoms with Crippen LogP contribution >= 0.6 is 0 Å². The van der Waals surface area contributed by atoms with Crippen LogP contribution in [0, 0.1) is 5.92 Å². The molecule has 0 heterocycles. The smallest absolute Gasteiger partial charge is 0.144 e. The van der Waals surface area contributed by atoms with E-state index >= 15 is 0 Å². The van der Waals surface area contributed by atoms with Gasteiger partial charge in [-0.05, 0) is 60.3 Å². The summed E-state index contributed by atoms with van der Waals surface area (Å²) in [5, 5.41) is 0. The molecular formula is C19H37FO4. The first-order chi connectivity index (χ1) is 11.0. The Bertz CT molecular complexity index is 367. The van der Waals surface area contributed by atoms with Crippen LogP contribution in [0.4, 0.5) is 4.39 Å². The molecule has 5 heteroatoms. The number of rotatable bonds is 11. The molecule has 24 heavy (non-hydrogen) atoms. The van der Waals surface area contributed by atoms with Crippen molar-refractivity contribution in [3.63, 3.8) is 0 Å². The van der Waals surface area contributed by atoms with Gasteiger partial charge in [0, 0.05) is 12.0 Å². The summed E-state index contributed by atoms with van der Waals surface area (Å²) in [6, 6.07) is 0. The number of halogens is 1. The molecule has 4 nitrogen and oxygen atoms in total. The van der Waals surface area contributed by atoms with E-state index in [0.717, 1.165) is 24.8 Å². The summed E-state index contributed by atoms with van der Waals surface area (Å²) in [5.41, 5.74) is 0.138. The fraction of sp³-hybridized carbons (Fsp3) is 0.895. The number of allylic oxidation sites excluding steroid dienone is 1. The normalized spacial score (nSPS) is 15.2. The zero-order valence-electron chi connectivity index (χ0n) is 16.8. The quantitative estimate of drug-likeness (QED) is 0.264. The second-order valence-corrected chi connectivity index (χ2v) is 8.33. The molecule has 0 N–H and O–H groups in total. The van der Waals surface area contributed by atoms with Gasteiger partial charge >= 0.3 is 0 Å². The van der Waals surface area contributed by atoms with Crippen molar-refractivity contribution in [2.75, 3.05) is 13.3 Å². The standard InChI is InChI=1S/C19H37FO4/c1-9-10-11-16(14-21-23-18(3,4)5)17(12-15(2)13-20)22-24-19(6,7)8/h15H,9-14H2,1-8H3/b17-16-. The van der Waals surface area contributed by atoms with E-state index in [0.29, 0.717) is 18.8 Å². The van der Waals surface area contributed by atoms with Crippen LogP contribution in [0.3, 0.4) is 0 Å². The number of unbranched alkanes of at least 4 members (excludes halogenated alkanes) is 1. The van der Waals surface area contributed by atoms with Crippen molar-refractivity contribution in [2.24, 2.45) is 5.92 Å². The second-order valence-electron chi connectivity index (χ2n) is 8.33. The van der Waals surface area contributed by atoms with Crippen LogP contribution in [-0.4, -0.2) is 24.5 Å². The van der Waals surface area contributed by atoms with Gasteiger partial charge in [-0.15, -0.1) is 0 Å². The molecule has 1 atom stereocenters. The van der Waals surface area contributed by atoms with Crippen molar-refractivity contribution in [3.8, 4) is 0 Å². The molecule has 0 spiro atoms. The molecule has 0 aliphatic heterocycles. The Morgan fingerprint density at radius 2 is 1.58 bits per heavy atom. The first kappa shape index (κ1) is 23.4. The van der Waals surface area contributed by atoms with Gasteiger partial charge in [-0.25, -0.2) is 9.78 Å². The highest BCUT2D eigenvalue weighted by molar-refractivity contribution is 5.09. The lowest BCUT2D eigenvalue weighted by molar-refractivity contribution is -0.346. The van der Waals surface area contributed by atoms with Gasteiger partial charge in [-0.3, -0.25) is 4.39 Å². The molecule has 1 unspecified atom stereocenters. The zero-order valence-corrected chi connectivity index (χ0v) is 16.8. The Labute approximate surface area is 147 Å². The Morgan fingerprint density at radius 3 is 2.04 bits per heavy atom. The molecule has 0 aliphatic carbocycles. The lowest BCUT2D eigenvalue weighted by atomic mass is 10.0. The van der Waals surface area contributed by atoms with Gasteiger partial charge in [-0.1, -0.05) is 20.3 Å². The number of hydrogen-bond donors (Lipinski definition) is 0. The fourth-order valence-corrected chi connectivity index (χ4v) is 1.74. The van der Waals surface area contributed by atoms with Gasteiger partial charge in [0.15, 0.2) is 0 Å². The predicted octanol–water partition coefficient (Wildman–Crippen LogP) is 5.92. The van der Waals surface area contributed by atoms with E-state index in [1.54, 1.807) is 0 Å². The molecule has 0 rings (SSSR count). The van der Waals surface area contributed by atoms with E-state index in [1.807, 2.05) is 48.5 Å². The average Bonchev–Trinajstić information content (AvgIpc) is 2.44. The van der Waals surface area contributed by atoms with Crippen molar-refractivity contribution < 1.29 is 23.9 Å². The van der Waals surface area contributed by atoms with Gasteiger partial charge in [0.25, 0.3) is 0 Å². The van der Waals surface area contributed by atoms with Crippen molar-refractivity contribution in [2.45, 2.75) is 92.3 Å². The third-order valence-corrected chi connectivity index (χ3v) is 2.96. The van der Waals surface area contributed by atoms with Crippen molar-refractivity contribution in [1.82, 2.24) is 0 Å². The van der Waals surface area contributed by atoms with E-state index in [9.17, 15) is 4.39 Å². The SMILES string of the molecule is CCCC/C(COOC(C)(C)C)=C(\CC(C)CF)OOC(C)(C)C. The minimum Gasteiger partial charge on any atom is -0.342 e. The Balaban J connectivity index is 5.16. The van der Waals surface area contributed by atoms with E-state index in [2.05, 4.69) is 6.92 Å². The summed E-state index contributed by atoms with van der Waals surface area (Å²) >= 11 is 0. The van der Waals surface area contributed by atoms with Gasteiger partial charge in [-0.2, -0.15) is 4.89 Å². The maximum atomic E-state index is 13.0. The van der Waals surface area contributed by atoms with E-state index < -0.39 is 12.3 Å². The molecule has 0 saturated carbocycles. The molecule has 0 radical (unpaired) electrons. The highest BCUT2D eigenvalue weighted by Crippen LogP contribution is 2.24. The Morgan fingerprint density at radius 1 is 1.00 bits per heavy atom. The maximum absolute atomic E-state index is 13.0. The second kappa shape index (κ2) is 11.1. The van der Waals surface area contributed by atoms with Crippen LogP contribution < -0.4 is 0 Å². The predicted molar refractivity (Wildman–Crippen MR) is 95.0 cm³/mol. The number of hydrogen-bond acceptors (Lipinski definition) is 4. The summed E-state index contributed by atoms with van der Waals surface area (Å²) in [6.45, 7) is 15.4. The summed E-state index contributed by atoms with van der Waals surface area (Å²) in [7, 11) is 0. The molecule has 0 saturated heterocycles. The first-order valence-electron chi connectivity index (χ1n) is 8.91. The molecule has 0 aliphatic rings. The minimum absolute atomic E-state index is 0.135. The van der Waals surface area contributed by atoms with Crippen LogP contribution in [0.25, 0.3) is 0 Å². The highest BCUT2D eigenvalue weighted by atomic mass is 19.1. The lowest BCUT2D eigenvalue weighted by Crippen LogP contribution is -2.22. The molecule has 0 bridgehead atoms. The van der Waals surface area contributed by atoms with Crippen molar-refractivity contribution in [3.05, 3.63) is 11.3 Å².